The minimum Gasteiger partial charge on any atom is -0.317 e. The van der Waals surface area contributed by atoms with E-state index < -0.39 is 0 Å². The Morgan fingerprint density at radius 2 is 1.80 bits per heavy atom. The highest BCUT2D eigenvalue weighted by molar-refractivity contribution is 4.64. The first-order valence-corrected chi connectivity index (χ1v) is 6.48. The molecule has 0 rings (SSSR count). The highest BCUT2D eigenvalue weighted by Gasteiger charge is 2.08. The van der Waals surface area contributed by atoms with Crippen LogP contribution < -0.4 is 5.32 Å². The molecular formula is C13H30N2. The van der Waals surface area contributed by atoms with Gasteiger partial charge in [-0.3, -0.25) is 0 Å². The van der Waals surface area contributed by atoms with Crippen LogP contribution in [-0.2, 0) is 0 Å². The molecule has 0 spiro atoms. The van der Waals surface area contributed by atoms with E-state index >= 15 is 0 Å². The third-order valence-electron chi connectivity index (χ3n) is 3.04. The van der Waals surface area contributed by atoms with E-state index in [-0.39, 0.29) is 0 Å². The van der Waals surface area contributed by atoms with Crippen molar-refractivity contribution in [2.75, 3.05) is 26.7 Å². The fraction of sp³-hybridized carbons (Fsp3) is 1.00. The average Bonchev–Trinajstić information content (AvgIpc) is 2.20. The third kappa shape index (κ3) is 8.88. The number of nitrogens with zero attached hydrogens (tertiary/aromatic N) is 1. The fourth-order valence-corrected chi connectivity index (χ4v) is 1.60. The minimum absolute atomic E-state index is 0.724. The van der Waals surface area contributed by atoms with Crippen molar-refractivity contribution in [3.63, 3.8) is 0 Å². The van der Waals surface area contributed by atoms with Crippen LogP contribution in [0.2, 0.25) is 0 Å². The standard InChI is InChI=1S/C13H30N2/c1-6-14-10-7-8-13(4)15(5)11-9-12(2)3/h12-14H,6-11H2,1-5H3. The maximum absolute atomic E-state index is 3.37. The van der Waals surface area contributed by atoms with E-state index in [2.05, 4.69) is 45.0 Å². The van der Waals surface area contributed by atoms with Crippen molar-refractivity contribution < 1.29 is 0 Å². The van der Waals surface area contributed by atoms with Gasteiger partial charge in [-0.25, -0.2) is 0 Å². The van der Waals surface area contributed by atoms with Crippen LogP contribution in [-0.4, -0.2) is 37.6 Å². The smallest absolute Gasteiger partial charge is 0.00643 e. The van der Waals surface area contributed by atoms with E-state index in [0.29, 0.717) is 0 Å². The molecule has 0 aromatic rings. The lowest BCUT2D eigenvalue weighted by Crippen LogP contribution is -2.31. The van der Waals surface area contributed by atoms with Crippen LogP contribution in [0.3, 0.4) is 0 Å². The van der Waals surface area contributed by atoms with Crippen LogP contribution in [0, 0.1) is 5.92 Å². The van der Waals surface area contributed by atoms with Gasteiger partial charge in [0.05, 0.1) is 0 Å². The summed E-state index contributed by atoms with van der Waals surface area (Å²) in [5.74, 6) is 0.821. The second-order valence-corrected chi connectivity index (χ2v) is 5.01. The summed E-state index contributed by atoms with van der Waals surface area (Å²) < 4.78 is 0. The summed E-state index contributed by atoms with van der Waals surface area (Å²) in [4.78, 5) is 2.49. The van der Waals surface area contributed by atoms with Crippen molar-refractivity contribution in [2.45, 2.75) is 53.0 Å². The molecule has 0 fully saturated rings. The zero-order valence-corrected chi connectivity index (χ0v) is 11.3. The van der Waals surface area contributed by atoms with Crippen LogP contribution in [0.4, 0.5) is 0 Å². The first-order valence-electron chi connectivity index (χ1n) is 6.48. The molecule has 0 aliphatic carbocycles. The Balaban J connectivity index is 3.46. The predicted octanol–water partition coefficient (Wildman–Crippen LogP) is 2.74. The second-order valence-electron chi connectivity index (χ2n) is 5.01. The summed E-state index contributed by atoms with van der Waals surface area (Å²) in [5, 5.41) is 3.37. The Hall–Kier alpha value is -0.0800. The fourth-order valence-electron chi connectivity index (χ4n) is 1.60. The number of rotatable bonds is 9. The zero-order chi connectivity index (χ0) is 11.7. The molecule has 0 aromatic carbocycles. The van der Waals surface area contributed by atoms with Gasteiger partial charge in [0, 0.05) is 6.04 Å². The van der Waals surface area contributed by atoms with Gasteiger partial charge in [0.2, 0.25) is 0 Å². The van der Waals surface area contributed by atoms with Gasteiger partial charge >= 0.3 is 0 Å². The molecule has 0 aliphatic rings. The van der Waals surface area contributed by atoms with Gasteiger partial charge in [-0.2, -0.15) is 0 Å². The Bertz CT molecular complexity index is 134. The van der Waals surface area contributed by atoms with Gasteiger partial charge in [-0.1, -0.05) is 20.8 Å². The quantitative estimate of drug-likeness (QED) is 0.594. The van der Waals surface area contributed by atoms with Gasteiger partial charge in [0.25, 0.3) is 0 Å². The Morgan fingerprint density at radius 3 is 2.33 bits per heavy atom. The lowest BCUT2D eigenvalue weighted by Gasteiger charge is -2.25. The molecule has 1 N–H and O–H groups in total. The van der Waals surface area contributed by atoms with Crippen LogP contribution in [0.15, 0.2) is 0 Å². The van der Waals surface area contributed by atoms with Gasteiger partial charge in [-0.15, -0.1) is 0 Å². The summed E-state index contributed by atoms with van der Waals surface area (Å²) >= 11 is 0. The van der Waals surface area contributed by atoms with Crippen molar-refractivity contribution in [3.8, 4) is 0 Å². The van der Waals surface area contributed by atoms with E-state index in [0.717, 1.165) is 18.5 Å². The van der Waals surface area contributed by atoms with Gasteiger partial charge in [0.15, 0.2) is 0 Å². The van der Waals surface area contributed by atoms with E-state index in [1.165, 1.54) is 32.4 Å². The molecule has 0 saturated carbocycles. The van der Waals surface area contributed by atoms with Crippen LogP contribution in [0.1, 0.15) is 47.0 Å². The predicted molar refractivity (Wildman–Crippen MR) is 69.3 cm³/mol. The first kappa shape index (κ1) is 14.9. The SMILES string of the molecule is CCNCCCC(C)N(C)CCC(C)C. The number of hydrogen-bond acceptors (Lipinski definition) is 2. The molecule has 1 unspecified atom stereocenters. The molecule has 0 saturated heterocycles. The lowest BCUT2D eigenvalue weighted by atomic mass is 10.1. The van der Waals surface area contributed by atoms with Crippen molar-refractivity contribution in [1.82, 2.24) is 10.2 Å². The summed E-state index contributed by atoms with van der Waals surface area (Å²) in [6.07, 6.45) is 3.91. The molecule has 0 aliphatic heterocycles. The van der Waals surface area contributed by atoms with E-state index in [1.807, 2.05) is 0 Å². The normalized spacial score (nSPS) is 13.8. The Labute approximate surface area is 96.4 Å². The van der Waals surface area contributed by atoms with Crippen molar-refractivity contribution in [2.24, 2.45) is 5.92 Å². The summed E-state index contributed by atoms with van der Waals surface area (Å²) in [5.41, 5.74) is 0. The van der Waals surface area contributed by atoms with Gasteiger partial charge in [0.1, 0.15) is 0 Å². The highest BCUT2D eigenvalue weighted by atomic mass is 15.1. The van der Waals surface area contributed by atoms with Gasteiger partial charge < -0.3 is 10.2 Å². The number of nitrogens with one attached hydrogen (secondary N) is 1. The van der Waals surface area contributed by atoms with Crippen molar-refractivity contribution in [3.05, 3.63) is 0 Å². The number of hydrogen-bond donors (Lipinski definition) is 1. The molecular weight excluding hydrogens is 184 g/mol. The summed E-state index contributed by atoms with van der Waals surface area (Å²) in [6.45, 7) is 12.6. The molecule has 0 amide bonds. The molecule has 0 heterocycles. The largest absolute Gasteiger partial charge is 0.317 e. The van der Waals surface area contributed by atoms with E-state index in [1.54, 1.807) is 0 Å². The average molecular weight is 214 g/mol. The molecule has 0 radical (unpaired) electrons. The third-order valence-corrected chi connectivity index (χ3v) is 3.04. The molecule has 92 valence electrons. The lowest BCUT2D eigenvalue weighted by molar-refractivity contribution is 0.230. The maximum atomic E-state index is 3.37. The van der Waals surface area contributed by atoms with Gasteiger partial charge in [-0.05, 0) is 58.8 Å². The molecule has 0 bridgehead atoms. The van der Waals surface area contributed by atoms with Crippen molar-refractivity contribution >= 4 is 0 Å². The monoisotopic (exact) mass is 214 g/mol. The molecule has 2 heteroatoms. The molecule has 15 heavy (non-hydrogen) atoms. The Kier molecular flexibility index (Phi) is 9.12. The van der Waals surface area contributed by atoms with Crippen LogP contribution in [0.5, 0.6) is 0 Å². The summed E-state index contributed by atoms with van der Waals surface area (Å²) in [6, 6.07) is 0.724. The van der Waals surface area contributed by atoms with E-state index in [9.17, 15) is 0 Å². The van der Waals surface area contributed by atoms with Crippen LogP contribution in [0.25, 0.3) is 0 Å². The minimum atomic E-state index is 0.724. The topological polar surface area (TPSA) is 15.3 Å². The van der Waals surface area contributed by atoms with E-state index in [4.69, 9.17) is 0 Å². The van der Waals surface area contributed by atoms with Crippen LogP contribution >= 0.6 is 0 Å². The zero-order valence-electron chi connectivity index (χ0n) is 11.3. The molecule has 0 aromatic heterocycles. The molecule has 2 nitrogen and oxygen atoms in total. The summed E-state index contributed by atoms with van der Waals surface area (Å²) in [7, 11) is 2.25. The Morgan fingerprint density at radius 1 is 1.13 bits per heavy atom. The van der Waals surface area contributed by atoms with Crippen molar-refractivity contribution in [1.29, 1.82) is 0 Å². The molecule has 1 atom stereocenters. The maximum Gasteiger partial charge on any atom is 0.00643 e. The first-order chi connectivity index (χ1) is 7.07. The highest BCUT2D eigenvalue weighted by Crippen LogP contribution is 2.07. The second kappa shape index (κ2) is 9.17.